The lowest BCUT2D eigenvalue weighted by Gasteiger charge is -2.43. The van der Waals surface area contributed by atoms with Crippen LogP contribution in [0.25, 0.3) is 11.1 Å². The first-order chi connectivity index (χ1) is 24.4. The Bertz CT molecular complexity index is 1640. The molecule has 272 valence electrons. The average molecular weight is 765 g/mol. The van der Waals surface area contributed by atoms with Crippen molar-refractivity contribution in [3.8, 4) is 11.1 Å². The summed E-state index contributed by atoms with van der Waals surface area (Å²) in [6.45, 7) is 0.426. The maximum absolute atomic E-state index is 13.5. The molecule has 0 spiro atoms. The number of carbonyl (C=O) groups excluding carboxylic acids is 4. The van der Waals surface area contributed by atoms with Gasteiger partial charge in [-0.3, -0.25) is 4.79 Å². The van der Waals surface area contributed by atoms with Crippen LogP contribution in [0.3, 0.4) is 0 Å². The maximum atomic E-state index is 13.5. The Morgan fingerprint density at radius 3 is 2.06 bits per heavy atom. The van der Waals surface area contributed by atoms with Gasteiger partial charge in [-0.25, -0.2) is 9.59 Å². The Labute approximate surface area is 309 Å². The number of ether oxygens (including phenoxy) is 6. The zero-order valence-corrected chi connectivity index (χ0v) is 29.6. The summed E-state index contributed by atoms with van der Waals surface area (Å²) in [6.07, 6.45) is -8.92. The lowest BCUT2D eigenvalue weighted by molar-refractivity contribution is -0.263. The van der Waals surface area contributed by atoms with Crippen molar-refractivity contribution in [3.63, 3.8) is 0 Å². The summed E-state index contributed by atoms with van der Waals surface area (Å²) < 4.78 is 31.7. The smallest absolute Gasteiger partial charge is 0.455 e. The molecule has 0 radical (unpaired) electrons. The van der Waals surface area contributed by atoms with E-state index in [4.69, 9.17) is 63.2 Å². The van der Waals surface area contributed by atoms with Crippen LogP contribution in [0, 0.1) is 0 Å². The van der Waals surface area contributed by atoms with Gasteiger partial charge in [-0.1, -0.05) is 114 Å². The van der Waals surface area contributed by atoms with Gasteiger partial charge in [0.1, 0.15) is 31.1 Å². The molecule has 2 aliphatic rings. The largest absolute Gasteiger partial charge is 0.508 e. The van der Waals surface area contributed by atoms with Crippen LogP contribution in [0.1, 0.15) is 42.4 Å². The molecule has 1 fully saturated rings. The highest BCUT2D eigenvalue weighted by atomic mass is 35.6. The van der Waals surface area contributed by atoms with Gasteiger partial charge in [0.05, 0.1) is 19.6 Å². The summed E-state index contributed by atoms with van der Waals surface area (Å²) in [7, 11) is 0. The number of aliphatic hydroxyl groups is 1. The van der Waals surface area contributed by atoms with Crippen molar-refractivity contribution in [3.05, 3.63) is 95.6 Å². The van der Waals surface area contributed by atoms with Gasteiger partial charge in [-0.15, -0.1) is 0 Å². The highest BCUT2D eigenvalue weighted by Gasteiger charge is 2.51. The number of Topliss-reactive ketones (excluding diaryl/α,β-unsaturated/α-hetero) is 1. The molecule has 1 aliphatic carbocycles. The van der Waals surface area contributed by atoms with Crippen molar-refractivity contribution >= 4 is 58.8 Å². The van der Waals surface area contributed by atoms with E-state index in [1.165, 1.54) is 6.92 Å². The van der Waals surface area contributed by atoms with Crippen molar-refractivity contribution in [1.82, 2.24) is 5.32 Å². The summed E-state index contributed by atoms with van der Waals surface area (Å²) in [6, 6.07) is 23.1. The molecule has 1 amide bonds. The lowest BCUT2D eigenvalue weighted by Crippen LogP contribution is -2.66. The highest BCUT2D eigenvalue weighted by molar-refractivity contribution is 6.67. The van der Waals surface area contributed by atoms with Gasteiger partial charge in [0.2, 0.25) is 3.79 Å². The lowest BCUT2D eigenvalue weighted by atomic mass is 9.96. The summed E-state index contributed by atoms with van der Waals surface area (Å²) in [4.78, 5) is 50.8. The Balaban J connectivity index is 1.38. The van der Waals surface area contributed by atoms with E-state index >= 15 is 0 Å². The first kappa shape index (κ1) is 38.3. The second-order valence-corrected chi connectivity index (χ2v) is 14.5. The molecular formula is C36H36Cl3NO11. The number of benzene rings is 3. The third kappa shape index (κ3) is 10.6. The molecule has 5 rings (SSSR count). The van der Waals surface area contributed by atoms with E-state index in [1.807, 2.05) is 78.9 Å². The van der Waals surface area contributed by atoms with E-state index in [1.54, 1.807) is 0 Å². The number of nitrogens with one attached hydrogen (secondary N) is 1. The van der Waals surface area contributed by atoms with Crippen LogP contribution in [-0.2, 0) is 44.6 Å². The Morgan fingerprint density at radius 2 is 1.43 bits per heavy atom. The minimum absolute atomic E-state index is 0.116. The van der Waals surface area contributed by atoms with Crippen LogP contribution in [0.4, 0.5) is 9.59 Å². The number of esters is 1. The molecule has 15 heteroatoms. The number of alkyl halides is 3. The third-order valence-electron chi connectivity index (χ3n) is 8.22. The topological polar surface area (TPSA) is 156 Å². The zero-order chi connectivity index (χ0) is 36.5. The van der Waals surface area contributed by atoms with E-state index in [2.05, 4.69) is 5.32 Å². The van der Waals surface area contributed by atoms with E-state index < -0.39 is 59.3 Å². The van der Waals surface area contributed by atoms with Gasteiger partial charge >= 0.3 is 18.2 Å². The van der Waals surface area contributed by atoms with Crippen LogP contribution in [0.5, 0.6) is 0 Å². The van der Waals surface area contributed by atoms with Crippen molar-refractivity contribution in [2.45, 2.75) is 66.7 Å². The number of halogens is 3. The van der Waals surface area contributed by atoms with Gasteiger partial charge in [-0.05, 0) is 34.7 Å². The van der Waals surface area contributed by atoms with Crippen LogP contribution in [0.2, 0.25) is 0 Å². The number of hydrogen-bond acceptors (Lipinski definition) is 11. The number of aliphatic hydroxyl groups excluding tert-OH is 1. The minimum atomic E-state index is -1.95. The highest BCUT2D eigenvalue weighted by Crippen LogP contribution is 2.44. The molecule has 3 aromatic carbocycles. The quantitative estimate of drug-likeness (QED) is 0.120. The van der Waals surface area contributed by atoms with Crippen LogP contribution < -0.4 is 5.32 Å². The average Bonchev–Trinajstić information content (AvgIpc) is 3.42. The number of rotatable bonds is 13. The predicted octanol–water partition coefficient (Wildman–Crippen LogP) is 6.00. The Hall–Kier alpha value is -3.91. The number of carbonyl (C=O) groups is 4. The van der Waals surface area contributed by atoms with Crippen molar-refractivity contribution in [1.29, 1.82) is 0 Å². The van der Waals surface area contributed by atoms with E-state index in [0.717, 1.165) is 27.8 Å². The molecule has 1 heterocycles. The molecule has 2 N–H and O–H groups in total. The van der Waals surface area contributed by atoms with Gasteiger partial charge in [-0.2, -0.15) is 0 Å². The number of amides is 1. The molecule has 51 heavy (non-hydrogen) atoms. The number of ketones is 1. The maximum Gasteiger partial charge on any atom is 0.508 e. The van der Waals surface area contributed by atoms with E-state index in [0.29, 0.717) is 0 Å². The Morgan fingerprint density at radius 1 is 0.804 bits per heavy atom. The summed E-state index contributed by atoms with van der Waals surface area (Å²) >= 11 is 17.1. The number of fused-ring (bicyclic) bond motifs is 3. The molecule has 1 unspecified atom stereocenters. The molecule has 0 aromatic heterocycles. The minimum Gasteiger partial charge on any atom is -0.455 e. The molecule has 3 aromatic rings. The second-order valence-electron chi connectivity index (χ2n) is 12.0. The fourth-order valence-corrected chi connectivity index (χ4v) is 6.07. The van der Waals surface area contributed by atoms with Gasteiger partial charge in [0, 0.05) is 12.3 Å². The molecule has 0 bridgehead atoms. The van der Waals surface area contributed by atoms with Crippen LogP contribution in [0.15, 0.2) is 78.9 Å². The van der Waals surface area contributed by atoms with Crippen LogP contribution in [-0.4, -0.2) is 83.4 Å². The monoisotopic (exact) mass is 763 g/mol. The first-order valence-electron chi connectivity index (χ1n) is 16.1. The third-order valence-corrected chi connectivity index (χ3v) is 8.55. The van der Waals surface area contributed by atoms with Crippen molar-refractivity contribution < 1.29 is 52.7 Å². The number of alkyl carbamates (subject to hydrolysis) is 1. The normalized spacial score (nSPS) is 21.2. The van der Waals surface area contributed by atoms with E-state index in [9.17, 15) is 24.3 Å². The molecule has 1 saturated heterocycles. The SMILES string of the molecule is CC(=O)CCC(=O)O[C@H]1[C@H](OC(=O)OCC2c3ccccc3-c3ccccc32)[C@@H](NC(=O)OCC(Cl)(Cl)Cl)C(O)O[C@@H]1COCc1ccccc1. The first-order valence-corrected chi connectivity index (χ1v) is 17.2. The number of hydrogen-bond donors (Lipinski definition) is 2. The zero-order valence-electron chi connectivity index (χ0n) is 27.4. The van der Waals surface area contributed by atoms with Gasteiger partial charge in [0.25, 0.3) is 0 Å². The molecular weight excluding hydrogens is 729 g/mol. The second kappa shape index (κ2) is 17.5. The molecule has 12 nitrogen and oxygen atoms in total. The summed E-state index contributed by atoms with van der Waals surface area (Å²) in [5, 5.41) is 13.5. The molecule has 0 saturated carbocycles. The van der Waals surface area contributed by atoms with E-state index in [-0.39, 0.29) is 44.4 Å². The predicted molar refractivity (Wildman–Crippen MR) is 185 cm³/mol. The molecule has 5 atom stereocenters. The fraction of sp³-hybridized carbons (Fsp3) is 0.389. The summed E-state index contributed by atoms with van der Waals surface area (Å²) in [5.41, 5.74) is 4.76. The Kier molecular flexibility index (Phi) is 13.2. The fourth-order valence-electron chi connectivity index (χ4n) is 5.91. The van der Waals surface area contributed by atoms with Crippen molar-refractivity contribution in [2.24, 2.45) is 0 Å². The molecule has 1 aliphatic heterocycles. The summed E-state index contributed by atoms with van der Waals surface area (Å²) in [5.74, 6) is -1.40. The van der Waals surface area contributed by atoms with Gasteiger partial charge in [0.15, 0.2) is 18.5 Å². The van der Waals surface area contributed by atoms with Gasteiger partial charge < -0.3 is 43.6 Å². The van der Waals surface area contributed by atoms with Crippen molar-refractivity contribution in [2.75, 3.05) is 19.8 Å². The standard InChI is InChI=1S/C36H36Cl3NO11/c1-21(41)15-16-29(42)50-31-28(19-46-17-22-9-3-2-4-10-22)49-33(43)30(40-34(44)48-20-36(37,38)39)32(31)51-35(45)47-18-27-25-13-7-5-11-23(25)24-12-6-8-14-26(24)27/h2-14,27-28,30-33,43H,15-20H2,1H3,(H,40,44)/t28-,30-,31-,32-,33?/m1/s1. The van der Waals surface area contributed by atoms with Crippen LogP contribution >= 0.6 is 34.8 Å².